The number of carbonyl (C=O) groups is 3. The number of carbonyl (C=O) groups excluding carboxylic acids is 3. The van der Waals surface area contributed by atoms with E-state index in [9.17, 15) is 14.4 Å². The molecule has 3 aromatic rings. The largest absolute Gasteiger partial charge is 0.451 e. The number of esters is 1. The van der Waals surface area contributed by atoms with Crippen molar-refractivity contribution >= 4 is 29.2 Å². The van der Waals surface area contributed by atoms with Crippen LogP contribution in [0.15, 0.2) is 54.9 Å². The van der Waals surface area contributed by atoms with Crippen LogP contribution in [0.2, 0.25) is 0 Å². The fourth-order valence-corrected chi connectivity index (χ4v) is 3.36. The average molecular weight is 421 g/mol. The molecule has 3 heterocycles. The molecule has 0 aliphatic carbocycles. The second-order valence-electron chi connectivity index (χ2n) is 7.34. The van der Waals surface area contributed by atoms with Crippen LogP contribution in [0.25, 0.3) is 5.65 Å². The highest BCUT2D eigenvalue weighted by Gasteiger charge is 2.25. The number of urea groups is 1. The van der Waals surface area contributed by atoms with Gasteiger partial charge in [-0.3, -0.25) is 4.79 Å². The maximum Gasteiger partial charge on any atom is 0.359 e. The topological polar surface area (TPSA) is 96.3 Å². The molecule has 0 atom stereocenters. The monoisotopic (exact) mass is 421 g/mol. The zero-order valence-electron chi connectivity index (χ0n) is 17.2. The lowest BCUT2D eigenvalue weighted by Gasteiger charge is -2.34. The van der Waals surface area contributed by atoms with Crippen LogP contribution in [0.4, 0.5) is 10.5 Å². The molecule has 1 aliphatic rings. The summed E-state index contributed by atoms with van der Waals surface area (Å²) in [5.41, 5.74) is 2.55. The van der Waals surface area contributed by atoms with Gasteiger partial charge in [0.05, 0.1) is 0 Å². The lowest BCUT2D eigenvalue weighted by molar-refractivity contribution is -0.135. The number of rotatable bonds is 4. The molecule has 9 nitrogen and oxygen atoms in total. The third-order valence-corrected chi connectivity index (χ3v) is 5.10. The molecular weight excluding hydrogens is 398 g/mol. The van der Waals surface area contributed by atoms with E-state index in [-0.39, 0.29) is 24.2 Å². The van der Waals surface area contributed by atoms with E-state index in [2.05, 4.69) is 10.3 Å². The van der Waals surface area contributed by atoms with Gasteiger partial charge in [0.2, 0.25) is 0 Å². The zero-order chi connectivity index (χ0) is 21.8. The van der Waals surface area contributed by atoms with Crippen molar-refractivity contribution in [2.75, 3.05) is 38.1 Å². The average Bonchev–Trinajstić information content (AvgIpc) is 3.21. The minimum Gasteiger partial charge on any atom is -0.451 e. The summed E-state index contributed by atoms with van der Waals surface area (Å²) in [5, 5.41) is 2.83. The molecule has 1 fully saturated rings. The lowest BCUT2D eigenvalue weighted by atomic mass is 10.3. The number of anilines is 1. The van der Waals surface area contributed by atoms with Crippen molar-refractivity contribution in [3.8, 4) is 0 Å². The fraction of sp³-hybridized carbons (Fsp3) is 0.273. The van der Waals surface area contributed by atoms with Crippen LogP contribution in [-0.4, -0.2) is 69.9 Å². The molecule has 1 N–H and O–H groups in total. The molecule has 3 amide bonds. The molecule has 31 heavy (non-hydrogen) atoms. The van der Waals surface area contributed by atoms with E-state index in [0.29, 0.717) is 31.8 Å². The van der Waals surface area contributed by atoms with Crippen LogP contribution in [0, 0.1) is 6.92 Å². The van der Waals surface area contributed by atoms with E-state index >= 15 is 0 Å². The van der Waals surface area contributed by atoms with Crippen molar-refractivity contribution in [2.24, 2.45) is 0 Å². The second-order valence-corrected chi connectivity index (χ2v) is 7.34. The summed E-state index contributed by atoms with van der Waals surface area (Å²) < 4.78 is 6.88. The summed E-state index contributed by atoms with van der Waals surface area (Å²) in [5.74, 6) is -0.938. The first kappa shape index (κ1) is 20.4. The number of fused-ring (bicyclic) bond motifs is 1. The normalized spacial score (nSPS) is 13.8. The van der Waals surface area contributed by atoms with Gasteiger partial charge in [0.15, 0.2) is 12.3 Å². The van der Waals surface area contributed by atoms with Gasteiger partial charge in [-0.1, -0.05) is 18.2 Å². The Morgan fingerprint density at radius 1 is 1.03 bits per heavy atom. The molecule has 0 saturated carbocycles. The van der Waals surface area contributed by atoms with E-state index in [1.807, 2.05) is 55.6 Å². The minimum atomic E-state index is -0.643. The number of imidazole rings is 1. The van der Waals surface area contributed by atoms with E-state index in [1.165, 1.54) is 0 Å². The molecule has 0 bridgehead atoms. The van der Waals surface area contributed by atoms with Gasteiger partial charge in [0, 0.05) is 44.3 Å². The Morgan fingerprint density at radius 2 is 1.74 bits per heavy atom. The smallest absolute Gasteiger partial charge is 0.359 e. The van der Waals surface area contributed by atoms with Crippen molar-refractivity contribution in [3.05, 3.63) is 66.1 Å². The number of para-hydroxylation sites is 1. The highest BCUT2D eigenvalue weighted by atomic mass is 16.5. The van der Waals surface area contributed by atoms with Crippen LogP contribution in [-0.2, 0) is 9.53 Å². The Morgan fingerprint density at radius 3 is 2.48 bits per heavy atom. The van der Waals surface area contributed by atoms with Crippen molar-refractivity contribution < 1.29 is 19.1 Å². The SMILES string of the molecule is Cc1ccn2cc(C(=O)OCC(=O)N3CCN(C(=O)Nc4ccccc4)CC3)nc2c1. The highest BCUT2D eigenvalue weighted by Crippen LogP contribution is 2.11. The summed E-state index contributed by atoms with van der Waals surface area (Å²) in [6, 6.07) is 12.8. The van der Waals surface area contributed by atoms with Gasteiger partial charge in [-0.15, -0.1) is 0 Å². The van der Waals surface area contributed by atoms with Crippen molar-refractivity contribution in [2.45, 2.75) is 6.92 Å². The number of benzene rings is 1. The van der Waals surface area contributed by atoms with Gasteiger partial charge in [-0.2, -0.15) is 0 Å². The number of hydrogen-bond donors (Lipinski definition) is 1. The van der Waals surface area contributed by atoms with Crippen LogP contribution in [0.3, 0.4) is 0 Å². The zero-order valence-corrected chi connectivity index (χ0v) is 17.2. The first-order chi connectivity index (χ1) is 15.0. The van der Waals surface area contributed by atoms with E-state index in [4.69, 9.17) is 4.74 Å². The summed E-state index contributed by atoms with van der Waals surface area (Å²) in [7, 11) is 0. The Balaban J connectivity index is 1.25. The van der Waals surface area contributed by atoms with Crippen LogP contribution >= 0.6 is 0 Å². The van der Waals surface area contributed by atoms with Gasteiger partial charge in [0.25, 0.3) is 5.91 Å². The van der Waals surface area contributed by atoms with Crippen LogP contribution in [0.5, 0.6) is 0 Å². The summed E-state index contributed by atoms with van der Waals surface area (Å²) in [6.45, 7) is 3.16. The van der Waals surface area contributed by atoms with Gasteiger partial charge in [-0.05, 0) is 36.8 Å². The number of aromatic nitrogens is 2. The van der Waals surface area contributed by atoms with Crippen molar-refractivity contribution in [3.63, 3.8) is 0 Å². The molecule has 1 aromatic carbocycles. The van der Waals surface area contributed by atoms with Crippen LogP contribution < -0.4 is 5.32 Å². The number of amides is 3. The number of hydrogen-bond acceptors (Lipinski definition) is 5. The summed E-state index contributed by atoms with van der Waals surface area (Å²) >= 11 is 0. The molecule has 2 aromatic heterocycles. The second kappa shape index (κ2) is 8.86. The number of pyridine rings is 1. The number of piperazine rings is 1. The van der Waals surface area contributed by atoms with Crippen LogP contribution in [0.1, 0.15) is 16.1 Å². The van der Waals surface area contributed by atoms with Crippen molar-refractivity contribution in [1.82, 2.24) is 19.2 Å². The Hall–Kier alpha value is -3.88. The molecule has 1 aliphatic heterocycles. The first-order valence-corrected chi connectivity index (χ1v) is 10.0. The first-order valence-electron chi connectivity index (χ1n) is 10.0. The molecule has 0 spiro atoms. The number of ether oxygens (including phenoxy) is 1. The maximum absolute atomic E-state index is 12.4. The number of nitrogens with one attached hydrogen (secondary N) is 1. The maximum atomic E-state index is 12.4. The van der Waals surface area contributed by atoms with Gasteiger partial charge in [-0.25, -0.2) is 14.6 Å². The molecular formula is C22H23N5O4. The minimum absolute atomic E-state index is 0.154. The number of aryl methyl sites for hydroxylation is 1. The third-order valence-electron chi connectivity index (χ3n) is 5.10. The molecule has 1 saturated heterocycles. The molecule has 0 unspecified atom stereocenters. The Bertz CT molecular complexity index is 1100. The predicted octanol–water partition coefficient (Wildman–Crippen LogP) is 2.18. The fourth-order valence-electron chi connectivity index (χ4n) is 3.36. The molecule has 4 rings (SSSR count). The summed E-state index contributed by atoms with van der Waals surface area (Å²) in [6.07, 6.45) is 3.39. The predicted molar refractivity (Wildman–Crippen MR) is 114 cm³/mol. The lowest BCUT2D eigenvalue weighted by Crippen LogP contribution is -2.52. The standard InChI is InChI=1S/C22H23N5O4/c1-16-7-8-27-14-18(24-19(27)13-16)21(29)31-15-20(28)25-9-11-26(12-10-25)22(30)23-17-5-3-2-4-6-17/h2-8,13-14H,9-12,15H2,1H3,(H,23,30). The number of nitrogens with zero attached hydrogens (tertiary/aromatic N) is 4. The molecule has 0 radical (unpaired) electrons. The Kier molecular flexibility index (Phi) is 5.83. The van der Waals surface area contributed by atoms with Gasteiger partial charge < -0.3 is 24.3 Å². The van der Waals surface area contributed by atoms with E-state index < -0.39 is 5.97 Å². The Labute approximate surface area is 179 Å². The van der Waals surface area contributed by atoms with Crippen molar-refractivity contribution in [1.29, 1.82) is 0 Å². The molecule has 160 valence electrons. The quantitative estimate of drug-likeness (QED) is 0.652. The van der Waals surface area contributed by atoms with Gasteiger partial charge >= 0.3 is 12.0 Å². The van der Waals surface area contributed by atoms with E-state index in [0.717, 1.165) is 11.3 Å². The molecule has 9 heteroatoms. The highest BCUT2D eigenvalue weighted by molar-refractivity contribution is 5.91. The summed E-state index contributed by atoms with van der Waals surface area (Å²) in [4.78, 5) is 44.5. The van der Waals surface area contributed by atoms with E-state index in [1.54, 1.807) is 20.4 Å². The third kappa shape index (κ3) is 4.82. The van der Waals surface area contributed by atoms with Gasteiger partial charge in [0.1, 0.15) is 5.65 Å².